The standard InChI is InChI=1S/C16H26ClN5O/c1-18-14-15(17)19-10-20-16(14)21-11-6-8-22(9-7-11)12-4-2-3-5-13(12)23/h10-13,18,23H,2-9H2,1H3,(H,19,20,21). The molecule has 2 atom stereocenters. The van der Waals surface area contributed by atoms with Crippen LogP contribution in [0.5, 0.6) is 0 Å². The van der Waals surface area contributed by atoms with Crippen LogP contribution in [-0.4, -0.2) is 58.3 Å². The Hall–Kier alpha value is -1.11. The van der Waals surface area contributed by atoms with Gasteiger partial charge in [0.25, 0.3) is 0 Å². The number of aliphatic hydroxyl groups excluding tert-OH is 1. The van der Waals surface area contributed by atoms with E-state index in [1.807, 2.05) is 7.05 Å². The van der Waals surface area contributed by atoms with E-state index in [0.29, 0.717) is 17.2 Å². The van der Waals surface area contributed by atoms with Crippen LogP contribution in [0.4, 0.5) is 11.5 Å². The van der Waals surface area contributed by atoms with Crippen molar-refractivity contribution in [2.45, 2.75) is 56.7 Å². The zero-order valence-corrected chi connectivity index (χ0v) is 14.4. The monoisotopic (exact) mass is 339 g/mol. The van der Waals surface area contributed by atoms with Crippen molar-refractivity contribution in [2.75, 3.05) is 30.8 Å². The summed E-state index contributed by atoms with van der Waals surface area (Å²) in [4.78, 5) is 10.8. The Morgan fingerprint density at radius 2 is 1.91 bits per heavy atom. The third kappa shape index (κ3) is 3.87. The molecule has 6 nitrogen and oxygen atoms in total. The van der Waals surface area contributed by atoms with Crippen LogP contribution in [0, 0.1) is 0 Å². The normalized spacial score (nSPS) is 26.9. The van der Waals surface area contributed by atoms with E-state index in [-0.39, 0.29) is 6.10 Å². The van der Waals surface area contributed by atoms with Gasteiger partial charge in [0.05, 0.1) is 6.10 Å². The molecule has 1 saturated carbocycles. The molecule has 1 aromatic rings. The highest BCUT2D eigenvalue weighted by Gasteiger charge is 2.31. The van der Waals surface area contributed by atoms with Gasteiger partial charge in [-0.2, -0.15) is 0 Å². The van der Waals surface area contributed by atoms with E-state index in [4.69, 9.17) is 11.6 Å². The fourth-order valence-corrected chi connectivity index (χ4v) is 4.01. The van der Waals surface area contributed by atoms with Crippen molar-refractivity contribution in [3.8, 4) is 0 Å². The maximum Gasteiger partial charge on any atom is 0.157 e. The molecule has 0 aromatic carbocycles. The number of hydrogen-bond donors (Lipinski definition) is 3. The number of halogens is 1. The molecule has 1 saturated heterocycles. The smallest absolute Gasteiger partial charge is 0.157 e. The van der Waals surface area contributed by atoms with Crippen LogP contribution >= 0.6 is 11.6 Å². The molecular formula is C16H26ClN5O. The summed E-state index contributed by atoms with van der Waals surface area (Å²) in [7, 11) is 1.82. The second-order valence-electron chi connectivity index (χ2n) is 6.51. The SMILES string of the molecule is CNc1c(Cl)ncnc1NC1CCN(C2CCCCC2O)CC1. The van der Waals surface area contributed by atoms with Crippen molar-refractivity contribution in [1.82, 2.24) is 14.9 Å². The molecule has 0 bridgehead atoms. The molecule has 3 N–H and O–H groups in total. The maximum absolute atomic E-state index is 10.2. The van der Waals surface area contributed by atoms with Gasteiger partial charge in [0.2, 0.25) is 0 Å². The van der Waals surface area contributed by atoms with Crippen molar-refractivity contribution in [3.63, 3.8) is 0 Å². The van der Waals surface area contributed by atoms with Crippen LogP contribution in [-0.2, 0) is 0 Å². The van der Waals surface area contributed by atoms with Crippen molar-refractivity contribution < 1.29 is 5.11 Å². The summed E-state index contributed by atoms with van der Waals surface area (Å²) in [5, 5.41) is 17.2. The van der Waals surface area contributed by atoms with Crippen LogP contribution in [0.2, 0.25) is 5.15 Å². The average Bonchev–Trinajstić information content (AvgIpc) is 2.56. The van der Waals surface area contributed by atoms with E-state index in [1.165, 1.54) is 12.7 Å². The first-order valence-corrected chi connectivity index (χ1v) is 8.93. The number of hydrogen-bond acceptors (Lipinski definition) is 6. The fraction of sp³-hybridized carbons (Fsp3) is 0.750. The van der Waals surface area contributed by atoms with Gasteiger partial charge in [-0.3, -0.25) is 4.90 Å². The van der Waals surface area contributed by atoms with E-state index < -0.39 is 0 Å². The molecule has 23 heavy (non-hydrogen) atoms. The number of aromatic nitrogens is 2. The summed E-state index contributed by atoms with van der Waals surface area (Å²) in [5.74, 6) is 0.767. The molecule has 2 unspecified atom stereocenters. The molecule has 2 fully saturated rings. The van der Waals surface area contributed by atoms with Gasteiger partial charge in [0.1, 0.15) is 12.0 Å². The van der Waals surface area contributed by atoms with Crippen LogP contribution in [0.3, 0.4) is 0 Å². The zero-order chi connectivity index (χ0) is 16.2. The van der Waals surface area contributed by atoms with Crippen molar-refractivity contribution in [2.24, 2.45) is 0 Å². The summed E-state index contributed by atoms with van der Waals surface area (Å²) in [6.07, 6.45) is 7.92. The molecule has 1 aliphatic heterocycles. The summed E-state index contributed by atoms with van der Waals surface area (Å²) in [5.41, 5.74) is 0.749. The minimum absolute atomic E-state index is 0.148. The Morgan fingerprint density at radius 3 is 2.61 bits per heavy atom. The van der Waals surface area contributed by atoms with Gasteiger partial charge in [0.15, 0.2) is 11.0 Å². The molecule has 2 aliphatic rings. The minimum Gasteiger partial charge on any atom is -0.391 e. The number of likely N-dealkylation sites (tertiary alicyclic amines) is 1. The molecular weight excluding hydrogens is 314 g/mol. The highest BCUT2D eigenvalue weighted by molar-refractivity contribution is 6.32. The van der Waals surface area contributed by atoms with Gasteiger partial charge < -0.3 is 15.7 Å². The third-order valence-corrected chi connectivity index (χ3v) is 5.37. The third-order valence-electron chi connectivity index (χ3n) is 5.08. The van der Waals surface area contributed by atoms with Gasteiger partial charge in [-0.05, 0) is 25.7 Å². The average molecular weight is 340 g/mol. The Balaban J connectivity index is 1.56. The quantitative estimate of drug-likeness (QED) is 0.731. The predicted molar refractivity (Wildman–Crippen MR) is 93.1 cm³/mol. The van der Waals surface area contributed by atoms with Gasteiger partial charge in [-0.1, -0.05) is 24.4 Å². The summed E-state index contributed by atoms with van der Waals surface area (Å²) < 4.78 is 0. The lowest BCUT2D eigenvalue weighted by Crippen LogP contribution is -2.50. The number of piperidine rings is 1. The van der Waals surface area contributed by atoms with Crippen molar-refractivity contribution in [3.05, 3.63) is 11.5 Å². The maximum atomic E-state index is 10.2. The fourth-order valence-electron chi connectivity index (χ4n) is 3.78. The molecule has 2 heterocycles. The number of nitrogens with zero attached hydrogens (tertiary/aromatic N) is 3. The first-order valence-electron chi connectivity index (χ1n) is 8.56. The lowest BCUT2D eigenvalue weighted by molar-refractivity contribution is 0.00992. The van der Waals surface area contributed by atoms with E-state index in [2.05, 4.69) is 25.5 Å². The van der Waals surface area contributed by atoms with Crippen LogP contribution in [0.15, 0.2) is 6.33 Å². The Kier molecular flexibility index (Phi) is 5.56. The van der Waals surface area contributed by atoms with Crippen molar-refractivity contribution in [1.29, 1.82) is 0 Å². The molecule has 3 rings (SSSR count). The lowest BCUT2D eigenvalue weighted by atomic mass is 9.89. The van der Waals surface area contributed by atoms with E-state index in [9.17, 15) is 5.11 Å². The molecule has 128 valence electrons. The number of aliphatic hydroxyl groups is 1. The van der Waals surface area contributed by atoms with Gasteiger partial charge >= 0.3 is 0 Å². The number of nitrogens with one attached hydrogen (secondary N) is 2. The van der Waals surface area contributed by atoms with Crippen LogP contribution < -0.4 is 10.6 Å². The minimum atomic E-state index is -0.148. The largest absolute Gasteiger partial charge is 0.391 e. The highest BCUT2D eigenvalue weighted by Crippen LogP contribution is 2.29. The van der Waals surface area contributed by atoms with Gasteiger partial charge in [-0.25, -0.2) is 9.97 Å². The van der Waals surface area contributed by atoms with Gasteiger partial charge in [-0.15, -0.1) is 0 Å². The Morgan fingerprint density at radius 1 is 1.17 bits per heavy atom. The predicted octanol–water partition coefficient (Wildman–Crippen LogP) is 2.35. The van der Waals surface area contributed by atoms with Crippen LogP contribution in [0.1, 0.15) is 38.5 Å². The van der Waals surface area contributed by atoms with E-state index in [1.54, 1.807) is 0 Å². The van der Waals surface area contributed by atoms with Crippen molar-refractivity contribution >= 4 is 23.1 Å². The molecule has 1 aromatic heterocycles. The topological polar surface area (TPSA) is 73.3 Å². The van der Waals surface area contributed by atoms with Gasteiger partial charge in [0, 0.05) is 32.2 Å². The Labute approximate surface area is 142 Å². The zero-order valence-electron chi connectivity index (χ0n) is 13.6. The summed E-state index contributed by atoms with van der Waals surface area (Å²) >= 11 is 6.10. The highest BCUT2D eigenvalue weighted by atomic mass is 35.5. The molecule has 1 aliphatic carbocycles. The first-order chi connectivity index (χ1) is 11.2. The number of anilines is 2. The second-order valence-corrected chi connectivity index (χ2v) is 6.87. The lowest BCUT2D eigenvalue weighted by Gasteiger charge is -2.41. The molecule has 0 amide bonds. The van der Waals surface area contributed by atoms with E-state index >= 15 is 0 Å². The summed E-state index contributed by atoms with van der Waals surface area (Å²) in [6.45, 7) is 2.04. The molecule has 0 radical (unpaired) electrons. The van der Waals surface area contributed by atoms with Crippen LogP contribution in [0.25, 0.3) is 0 Å². The van der Waals surface area contributed by atoms with E-state index in [0.717, 1.165) is 56.7 Å². The molecule has 7 heteroatoms. The Bertz CT molecular complexity index is 521. The second kappa shape index (κ2) is 7.64. The first kappa shape index (κ1) is 16.7. The summed E-state index contributed by atoms with van der Waals surface area (Å²) in [6, 6.07) is 0.733. The number of rotatable bonds is 4. The molecule has 0 spiro atoms.